The summed E-state index contributed by atoms with van der Waals surface area (Å²) < 4.78 is 8.07. The van der Waals surface area contributed by atoms with Gasteiger partial charge in [0.2, 0.25) is 5.91 Å². The Morgan fingerprint density at radius 2 is 2.00 bits per heavy atom. The van der Waals surface area contributed by atoms with E-state index in [0.717, 1.165) is 15.9 Å². The summed E-state index contributed by atoms with van der Waals surface area (Å²) in [6.07, 6.45) is 1.62. The van der Waals surface area contributed by atoms with Crippen LogP contribution in [0.4, 0.5) is 5.13 Å². The SMILES string of the molecule is CCOc1ccc(-n2c(CNC(=O)c3cc(Br)ccc3Cl)nnc2SCC(=O)Nc2nccs2)cc1. The molecule has 0 aliphatic carbocycles. The highest BCUT2D eigenvalue weighted by molar-refractivity contribution is 9.10. The van der Waals surface area contributed by atoms with Crippen molar-refractivity contribution in [2.24, 2.45) is 0 Å². The summed E-state index contributed by atoms with van der Waals surface area (Å²) in [5.41, 5.74) is 1.10. The van der Waals surface area contributed by atoms with Gasteiger partial charge in [0, 0.05) is 21.7 Å². The number of nitrogens with one attached hydrogen (secondary N) is 2. The predicted molar refractivity (Wildman–Crippen MR) is 144 cm³/mol. The molecule has 2 heterocycles. The summed E-state index contributed by atoms with van der Waals surface area (Å²) in [5, 5.41) is 17.3. The smallest absolute Gasteiger partial charge is 0.253 e. The number of thioether (sulfide) groups is 1. The van der Waals surface area contributed by atoms with Crippen molar-refractivity contribution in [1.82, 2.24) is 25.1 Å². The predicted octanol–water partition coefficient (Wildman–Crippen LogP) is 5.20. The van der Waals surface area contributed by atoms with Gasteiger partial charge in [-0.15, -0.1) is 21.5 Å². The van der Waals surface area contributed by atoms with Crippen LogP contribution in [0.1, 0.15) is 23.1 Å². The van der Waals surface area contributed by atoms with Crippen LogP contribution in [0.15, 0.2) is 63.7 Å². The van der Waals surface area contributed by atoms with Crippen LogP contribution in [-0.4, -0.2) is 43.9 Å². The molecule has 36 heavy (non-hydrogen) atoms. The second-order valence-corrected chi connectivity index (χ2v) is 10.3. The lowest BCUT2D eigenvalue weighted by molar-refractivity contribution is -0.113. The zero-order chi connectivity index (χ0) is 25.5. The number of aromatic nitrogens is 4. The number of hydrogen-bond acceptors (Lipinski definition) is 8. The minimum Gasteiger partial charge on any atom is -0.494 e. The summed E-state index contributed by atoms with van der Waals surface area (Å²) in [5.74, 6) is 0.760. The highest BCUT2D eigenvalue weighted by Gasteiger charge is 2.18. The first-order valence-corrected chi connectivity index (χ1v) is 13.7. The van der Waals surface area contributed by atoms with Crippen LogP contribution in [0.3, 0.4) is 0 Å². The van der Waals surface area contributed by atoms with Gasteiger partial charge in [-0.1, -0.05) is 39.3 Å². The molecular formula is C23H20BrClN6O3S2. The lowest BCUT2D eigenvalue weighted by Crippen LogP contribution is -2.25. The first kappa shape index (κ1) is 26.1. The van der Waals surface area contributed by atoms with E-state index in [4.69, 9.17) is 16.3 Å². The van der Waals surface area contributed by atoms with Gasteiger partial charge in [-0.2, -0.15) is 0 Å². The van der Waals surface area contributed by atoms with Gasteiger partial charge in [-0.25, -0.2) is 4.98 Å². The third kappa shape index (κ3) is 6.64. The van der Waals surface area contributed by atoms with Crippen molar-refractivity contribution in [3.8, 4) is 11.4 Å². The summed E-state index contributed by atoms with van der Waals surface area (Å²) in [4.78, 5) is 29.2. The Labute approximate surface area is 228 Å². The van der Waals surface area contributed by atoms with E-state index in [-0.39, 0.29) is 24.1 Å². The molecule has 4 aromatic rings. The van der Waals surface area contributed by atoms with Gasteiger partial charge in [0.25, 0.3) is 5.91 Å². The molecule has 2 aromatic carbocycles. The fourth-order valence-corrected chi connectivity index (χ4v) is 5.00. The fraction of sp³-hybridized carbons (Fsp3) is 0.174. The van der Waals surface area contributed by atoms with Crippen molar-refractivity contribution in [3.05, 3.63) is 74.9 Å². The Morgan fingerprint density at radius 3 is 2.72 bits per heavy atom. The van der Waals surface area contributed by atoms with E-state index < -0.39 is 0 Å². The Bertz CT molecular complexity index is 1350. The molecule has 0 aliphatic rings. The molecule has 2 aromatic heterocycles. The van der Waals surface area contributed by atoms with Crippen molar-refractivity contribution >= 4 is 67.6 Å². The van der Waals surface area contributed by atoms with Gasteiger partial charge >= 0.3 is 0 Å². The lowest BCUT2D eigenvalue weighted by atomic mass is 10.2. The number of amides is 2. The lowest BCUT2D eigenvalue weighted by Gasteiger charge is -2.12. The van der Waals surface area contributed by atoms with E-state index in [1.807, 2.05) is 31.2 Å². The van der Waals surface area contributed by atoms with E-state index >= 15 is 0 Å². The normalized spacial score (nSPS) is 10.8. The van der Waals surface area contributed by atoms with Gasteiger partial charge in [-0.05, 0) is 49.4 Å². The molecule has 2 N–H and O–H groups in total. The number of nitrogens with zero attached hydrogens (tertiary/aromatic N) is 4. The number of rotatable bonds is 10. The Kier molecular flexibility index (Phi) is 8.97. The van der Waals surface area contributed by atoms with Gasteiger partial charge in [0.1, 0.15) is 5.75 Å². The molecule has 0 saturated carbocycles. The molecule has 0 spiro atoms. The summed E-state index contributed by atoms with van der Waals surface area (Å²) in [6, 6.07) is 12.5. The average molecular weight is 608 g/mol. The summed E-state index contributed by atoms with van der Waals surface area (Å²) in [7, 11) is 0. The molecule has 13 heteroatoms. The highest BCUT2D eigenvalue weighted by atomic mass is 79.9. The van der Waals surface area contributed by atoms with Crippen molar-refractivity contribution in [2.75, 3.05) is 17.7 Å². The molecule has 9 nitrogen and oxygen atoms in total. The number of carbonyl (C=O) groups excluding carboxylic acids is 2. The van der Waals surface area contributed by atoms with E-state index in [9.17, 15) is 9.59 Å². The molecule has 0 fully saturated rings. The van der Waals surface area contributed by atoms with E-state index in [1.165, 1.54) is 23.1 Å². The first-order valence-electron chi connectivity index (χ1n) is 10.7. The molecule has 0 saturated heterocycles. The topological polar surface area (TPSA) is 111 Å². The number of ether oxygens (including phenoxy) is 1. The average Bonchev–Trinajstić information content (AvgIpc) is 3.53. The van der Waals surface area contributed by atoms with Crippen LogP contribution in [0.5, 0.6) is 5.75 Å². The Hall–Kier alpha value is -2.93. The van der Waals surface area contributed by atoms with Crippen molar-refractivity contribution < 1.29 is 14.3 Å². The number of hydrogen-bond donors (Lipinski definition) is 2. The minimum atomic E-state index is -0.348. The standard InChI is InChI=1S/C23H20BrClN6O3S2/c1-2-34-16-6-4-15(5-7-16)31-19(12-27-21(33)17-11-14(24)3-8-18(17)25)29-30-23(31)36-13-20(32)28-22-26-9-10-35-22/h3-11H,2,12-13H2,1H3,(H,27,33)(H,26,28,32). The molecule has 0 radical (unpaired) electrons. The van der Waals surface area contributed by atoms with Crippen LogP contribution in [-0.2, 0) is 11.3 Å². The van der Waals surface area contributed by atoms with Crippen LogP contribution in [0.25, 0.3) is 5.69 Å². The molecule has 2 amide bonds. The molecule has 0 atom stereocenters. The van der Waals surface area contributed by atoms with Crippen LogP contribution >= 0.6 is 50.6 Å². The molecule has 186 valence electrons. The van der Waals surface area contributed by atoms with Crippen LogP contribution in [0, 0.1) is 0 Å². The second-order valence-electron chi connectivity index (χ2n) is 7.14. The monoisotopic (exact) mass is 606 g/mol. The number of thiazole rings is 1. The fourth-order valence-electron chi connectivity index (χ4n) is 3.12. The number of benzene rings is 2. The van der Waals surface area contributed by atoms with Gasteiger partial charge in [0.05, 0.1) is 29.5 Å². The van der Waals surface area contributed by atoms with Crippen molar-refractivity contribution in [2.45, 2.75) is 18.6 Å². The molecule has 0 aliphatic heterocycles. The summed E-state index contributed by atoms with van der Waals surface area (Å²) in [6.45, 7) is 2.56. The van der Waals surface area contributed by atoms with Crippen molar-refractivity contribution in [3.63, 3.8) is 0 Å². The molecule has 4 rings (SSSR count). The van der Waals surface area contributed by atoms with Crippen LogP contribution < -0.4 is 15.4 Å². The largest absolute Gasteiger partial charge is 0.494 e. The maximum Gasteiger partial charge on any atom is 0.253 e. The van der Waals surface area contributed by atoms with Gasteiger partial charge in [0.15, 0.2) is 16.1 Å². The van der Waals surface area contributed by atoms with Crippen LogP contribution in [0.2, 0.25) is 5.02 Å². The Morgan fingerprint density at radius 1 is 1.19 bits per heavy atom. The Balaban J connectivity index is 1.54. The molecular weight excluding hydrogens is 588 g/mol. The molecule has 0 bridgehead atoms. The summed E-state index contributed by atoms with van der Waals surface area (Å²) >= 11 is 12.1. The maximum atomic E-state index is 12.8. The third-order valence-corrected chi connectivity index (χ3v) is 7.14. The van der Waals surface area contributed by atoms with E-state index in [1.54, 1.807) is 34.3 Å². The number of halogens is 2. The number of anilines is 1. The van der Waals surface area contributed by atoms with Gasteiger partial charge < -0.3 is 15.4 Å². The quantitative estimate of drug-likeness (QED) is 0.239. The second kappa shape index (κ2) is 12.3. The number of carbonyl (C=O) groups is 2. The highest BCUT2D eigenvalue weighted by Crippen LogP contribution is 2.25. The first-order chi connectivity index (χ1) is 17.4. The third-order valence-electron chi connectivity index (χ3n) is 4.70. The van der Waals surface area contributed by atoms with E-state index in [2.05, 4.69) is 41.7 Å². The zero-order valence-electron chi connectivity index (χ0n) is 18.9. The van der Waals surface area contributed by atoms with Gasteiger partial charge in [-0.3, -0.25) is 14.2 Å². The van der Waals surface area contributed by atoms with E-state index in [0.29, 0.717) is 33.3 Å². The van der Waals surface area contributed by atoms with Crippen molar-refractivity contribution in [1.29, 1.82) is 0 Å². The maximum absolute atomic E-state index is 12.8. The zero-order valence-corrected chi connectivity index (χ0v) is 22.9. The minimum absolute atomic E-state index is 0.0910. The molecule has 0 unspecified atom stereocenters.